The standard InChI is InChI=1S/C50H58O4/c1-51-43-27-19-39(20-28-43)49(40-21-29-44(52-2)30-22-40)47(35-11-7-5-8-12-35)37-15-17-38(18-16-37)48(36-13-9-6-10-14-36)50(41-23-31-45(53-3)32-24-41)42-25-33-46(54-4)34-26-42/h15-23,25,27-36,41-42H,5-14,24,26H2,1-4H3. The Kier molecular flexibility index (Phi) is 12.6. The molecule has 0 heterocycles. The summed E-state index contributed by atoms with van der Waals surface area (Å²) in [7, 11) is 7.02. The second-order valence-corrected chi connectivity index (χ2v) is 15.4. The van der Waals surface area contributed by atoms with Crippen molar-refractivity contribution in [3.05, 3.63) is 149 Å². The van der Waals surface area contributed by atoms with E-state index in [-0.39, 0.29) is 0 Å². The van der Waals surface area contributed by atoms with E-state index in [0.29, 0.717) is 23.7 Å². The van der Waals surface area contributed by atoms with Crippen molar-refractivity contribution in [2.24, 2.45) is 23.7 Å². The molecular weight excluding hydrogens is 665 g/mol. The third-order valence-corrected chi connectivity index (χ3v) is 12.3. The maximum atomic E-state index is 5.65. The van der Waals surface area contributed by atoms with Crippen molar-refractivity contribution in [1.82, 2.24) is 0 Å². The van der Waals surface area contributed by atoms with E-state index in [1.165, 1.54) is 97.6 Å². The van der Waals surface area contributed by atoms with Gasteiger partial charge in [-0.25, -0.2) is 0 Å². The van der Waals surface area contributed by atoms with Gasteiger partial charge in [-0.15, -0.1) is 0 Å². The van der Waals surface area contributed by atoms with Gasteiger partial charge in [-0.05, 0) is 138 Å². The van der Waals surface area contributed by atoms with Gasteiger partial charge in [-0.2, -0.15) is 0 Å². The van der Waals surface area contributed by atoms with Crippen molar-refractivity contribution >= 4 is 16.7 Å². The molecule has 54 heavy (non-hydrogen) atoms. The number of hydrogen-bond donors (Lipinski definition) is 0. The van der Waals surface area contributed by atoms with Gasteiger partial charge in [0, 0.05) is 11.8 Å². The molecule has 4 heteroatoms. The summed E-state index contributed by atoms with van der Waals surface area (Å²) in [5, 5.41) is 0. The highest BCUT2D eigenvalue weighted by Gasteiger charge is 2.31. The Labute approximate surface area is 324 Å². The summed E-state index contributed by atoms with van der Waals surface area (Å²) < 4.78 is 22.5. The molecule has 282 valence electrons. The average Bonchev–Trinajstić information content (AvgIpc) is 3.26. The fraction of sp³-hybridized carbons (Fsp3) is 0.400. The smallest absolute Gasteiger partial charge is 0.118 e. The van der Waals surface area contributed by atoms with Gasteiger partial charge in [0.25, 0.3) is 0 Å². The van der Waals surface area contributed by atoms with E-state index < -0.39 is 0 Å². The quantitative estimate of drug-likeness (QED) is 0.174. The van der Waals surface area contributed by atoms with Crippen LogP contribution < -0.4 is 9.47 Å². The fourth-order valence-electron chi connectivity index (χ4n) is 9.47. The van der Waals surface area contributed by atoms with Gasteiger partial charge in [0.1, 0.15) is 23.0 Å². The van der Waals surface area contributed by atoms with E-state index in [0.717, 1.165) is 35.9 Å². The zero-order valence-electron chi connectivity index (χ0n) is 32.8. The number of methoxy groups -OCH3 is 4. The monoisotopic (exact) mass is 722 g/mol. The highest BCUT2D eigenvalue weighted by atomic mass is 16.5. The van der Waals surface area contributed by atoms with Gasteiger partial charge in [-0.1, -0.05) is 105 Å². The molecule has 3 aromatic carbocycles. The Morgan fingerprint density at radius 1 is 0.444 bits per heavy atom. The van der Waals surface area contributed by atoms with Crippen molar-refractivity contribution < 1.29 is 18.9 Å². The lowest BCUT2D eigenvalue weighted by Crippen LogP contribution is -2.20. The van der Waals surface area contributed by atoms with Crippen molar-refractivity contribution in [1.29, 1.82) is 0 Å². The summed E-state index contributed by atoms with van der Waals surface area (Å²) in [6.45, 7) is 0. The largest absolute Gasteiger partial charge is 0.497 e. The number of rotatable bonds is 12. The molecule has 2 atom stereocenters. The lowest BCUT2D eigenvalue weighted by molar-refractivity contribution is 0.300. The normalized spacial score (nSPS) is 20.4. The molecule has 0 saturated heterocycles. The van der Waals surface area contributed by atoms with E-state index in [9.17, 15) is 0 Å². The van der Waals surface area contributed by atoms with E-state index in [4.69, 9.17) is 18.9 Å². The molecule has 0 N–H and O–H groups in total. The Bertz CT molecular complexity index is 1800. The maximum absolute atomic E-state index is 5.65. The van der Waals surface area contributed by atoms with E-state index in [2.05, 4.69) is 109 Å². The van der Waals surface area contributed by atoms with Crippen LogP contribution in [0.3, 0.4) is 0 Å². The molecule has 4 aliphatic rings. The molecule has 0 radical (unpaired) electrons. The molecule has 2 unspecified atom stereocenters. The Hall–Kier alpha value is -4.70. The van der Waals surface area contributed by atoms with Crippen molar-refractivity contribution in [3.8, 4) is 11.5 Å². The SMILES string of the molecule is COC1=CCC(C(=C(c2ccc(C(=C(c3ccc(OC)cc3)c3ccc(OC)cc3)C3CCCCC3)cc2)C2CCCCC2)C2C=CC(OC)=CC2)C=C1. The van der Waals surface area contributed by atoms with Crippen molar-refractivity contribution in [2.45, 2.75) is 77.0 Å². The van der Waals surface area contributed by atoms with Crippen LogP contribution in [0.1, 0.15) is 99.3 Å². The van der Waals surface area contributed by atoms with Crippen LogP contribution in [0.15, 0.2) is 126 Å². The first-order valence-electron chi connectivity index (χ1n) is 20.3. The van der Waals surface area contributed by atoms with Crippen LogP contribution in [0.4, 0.5) is 0 Å². The highest BCUT2D eigenvalue weighted by molar-refractivity contribution is 5.99. The number of hydrogen-bond acceptors (Lipinski definition) is 4. The molecule has 7 rings (SSSR count). The Morgan fingerprint density at radius 2 is 0.833 bits per heavy atom. The van der Waals surface area contributed by atoms with Crippen LogP contribution in [0.5, 0.6) is 11.5 Å². The number of ether oxygens (including phenoxy) is 4. The van der Waals surface area contributed by atoms with Crippen LogP contribution in [-0.2, 0) is 9.47 Å². The fourth-order valence-corrected chi connectivity index (χ4v) is 9.47. The van der Waals surface area contributed by atoms with Crippen LogP contribution in [0, 0.1) is 23.7 Å². The zero-order chi connectivity index (χ0) is 37.3. The van der Waals surface area contributed by atoms with Gasteiger partial charge in [-0.3, -0.25) is 0 Å². The summed E-state index contributed by atoms with van der Waals surface area (Å²) in [5.41, 5.74) is 11.1. The molecular formula is C50H58O4. The van der Waals surface area contributed by atoms with E-state index >= 15 is 0 Å². The van der Waals surface area contributed by atoms with Gasteiger partial charge < -0.3 is 18.9 Å². The molecule has 3 aromatic rings. The molecule has 2 saturated carbocycles. The first-order valence-corrected chi connectivity index (χ1v) is 20.3. The van der Waals surface area contributed by atoms with Gasteiger partial charge in [0.15, 0.2) is 0 Å². The minimum atomic E-state index is 0.321. The van der Waals surface area contributed by atoms with Crippen molar-refractivity contribution in [2.75, 3.05) is 28.4 Å². The molecule has 4 nitrogen and oxygen atoms in total. The third-order valence-electron chi connectivity index (χ3n) is 12.3. The summed E-state index contributed by atoms with van der Waals surface area (Å²) >= 11 is 0. The number of benzene rings is 3. The number of allylic oxidation sites excluding steroid dienone is 9. The molecule has 0 aliphatic heterocycles. The van der Waals surface area contributed by atoms with Gasteiger partial charge >= 0.3 is 0 Å². The zero-order valence-corrected chi connectivity index (χ0v) is 32.8. The minimum absolute atomic E-state index is 0.321. The summed E-state index contributed by atoms with van der Waals surface area (Å²) in [4.78, 5) is 0. The lowest BCUT2D eigenvalue weighted by atomic mass is 9.70. The molecule has 0 spiro atoms. The highest BCUT2D eigenvalue weighted by Crippen LogP contribution is 2.47. The predicted octanol–water partition coefficient (Wildman–Crippen LogP) is 12.8. The topological polar surface area (TPSA) is 36.9 Å². The van der Waals surface area contributed by atoms with E-state index in [1.807, 2.05) is 0 Å². The third kappa shape index (κ3) is 8.49. The predicted molar refractivity (Wildman–Crippen MR) is 223 cm³/mol. The van der Waals surface area contributed by atoms with Crippen LogP contribution in [0.25, 0.3) is 16.7 Å². The maximum Gasteiger partial charge on any atom is 0.118 e. The van der Waals surface area contributed by atoms with Gasteiger partial charge in [0.05, 0.1) is 28.4 Å². The first-order chi connectivity index (χ1) is 26.6. The molecule has 0 amide bonds. The van der Waals surface area contributed by atoms with Crippen LogP contribution in [-0.4, -0.2) is 28.4 Å². The first kappa shape index (κ1) is 37.6. The summed E-state index contributed by atoms with van der Waals surface area (Å²) in [5.74, 6) is 5.34. The minimum Gasteiger partial charge on any atom is -0.497 e. The molecule has 0 aromatic heterocycles. The lowest BCUT2D eigenvalue weighted by Gasteiger charge is -2.34. The van der Waals surface area contributed by atoms with Crippen LogP contribution >= 0.6 is 0 Å². The molecule has 2 fully saturated rings. The molecule has 4 aliphatic carbocycles. The Morgan fingerprint density at radius 3 is 1.20 bits per heavy atom. The summed E-state index contributed by atoms with van der Waals surface area (Å²) in [6.07, 6.45) is 28.3. The summed E-state index contributed by atoms with van der Waals surface area (Å²) in [6, 6.07) is 27.1. The molecule has 0 bridgehead atoms. The average molecular weight is 723 g/mol. The Balaban J connectivity index is 1.39. The second kappa shape index (κ2) is 18.1. The van der Waals surface area contributed by atoms with Crippen molar-refractivity contribution in [3.63, 3.8) is 0 Å². The van der Waals surface area contributed by atoms with E-state index in [1.54, 1.807) is 39.6 Å². The second-order valence-electron chi connectivity index (χ2n) is 15.4. The van der Waals surface area contributed by atoms with Crippen LogP contribution in [0.2, 0.25) is 0 Å². The van der Waals surface area contributed by atoms with Gasteiger partial charge in [0.2, 0.25) is 0 Å².